The zero-order valence-corrected chi connectivity index (χ0v) is 15.3. The molecule has 1 aliphatic carbocycles. The number of benzene rings is 2. The van der Waals surface area contributed by atoms with Crippen LogP contribution in [0.1, 0.15) is 21.5 Å². The van der Waals surface area contributed by atoms with Crippen molar-refractivity contribution in [2.24, 2.45) is 0 Å². The Morgan fingerprint density at radius 3 is 2.24 bits per heavy atom. The third-order valence-corrected chi connectivity index (χ3v) is 4.66. The minimum absolute atomic E-state index is 0.110. The number of carbonyl (C=O) groups is 1. The molecule has 0 aliphatic heterocycles. The van der Waals surface area contributed by atoms with E-state index >= 15 is 0 Å². The van der Waals surface area contributed by atoms with E-state index in [4.69, 9.17) is 0 Å². The number of ketones is 1. The van der Waals surface area contributed by atoms with Gasteiger partial charge in [-0.05, 0) is 42.0 Å². The lowest BCUT2D eigenvalue weighted by molar-refractivity contribution is 0.104. The van der Waals surface area contributed by atoms with Crippen LogP contribution in [0.3, 0.4) is 0 Å². The molecule has 1 aliphatic rings. The van der Waals surface area contributed by atoms with E-state index < -0.39 is 0 Å². The zero-order chi connectivity index (χ0) is 15.1. The van der Waals surface area contributed by atoms with Gasteiger partial charge < -0.3 is 0 Å². The highest BCUT2D eigenvalue weighted by atomic mass is 79.9. The summed E-state index contributed by atoms with van der Waals surface area (Å²) in [4.78, 5) is 12.4. The fraction of sp³-hybridized carbons (Fsp3) is 0.0625. The second-order valence-corrected chi connectivity index (χ2v) is 7.54. The molecule has 0 N–H and O–H groups in total. The van der Waals surface area contributed by atoms with Crippen LogP contribution in [-0.2, 0) is 6.42 Å². The molecule has 0 saturated heterocycles. The van der Waals surface area contributed by atoms with Crippen LogP contribution in [0.2, 0.25) is 0 Å². The standard InChI is InChI=1S/C16H8Br3FO/c17-10-2-8(3-11(18)5-10)1-9-4-13-14(16(9)21)6-12(19)7-15(13)20/h1-3,5-7H,4H2/b9-1+. The van der Waals surface area contributed by atoms with Crippen molar-refractivity contribution in [1.29, 1.82) is 0 Å². The summed E-state index contributed by atoms with van der Waals surface area (Å²) in [6.07, 6.45) is 2.14. The zero-order valence-electron chi connectivity index (χ0n) is 10.6. The summed E-state index contributed by atoms with van der Waals surface area (Å²) in [6.45, 7) is 0. The predicted octanol–water partition coefficient (Wildman–Crippen LogP) is 5.94. The molecule has 0 aromatic heterocycles. The number of allylic oxidation sites excluding steroid dienone is 1. The van der Waals surface area contributed by atoms with Gasteiger partial charge in [0.15, 0.2) is 5.78 Å². The molecule has 2 aromatic rings. The van der Waals surface area contributed by atoms with Crippen molar-refractivity contribution in [2.75, 3.05) is 0 Å². The van der Waals surface area contributed by atoms with Crippen LogP contribution in [-0.4, -0.2) is 5.78 Å². The van der Waals surface area contributed by atoms with E-state index in [9.17, 15) is 9.18 Å². The molecule has 0 amide bonds. The van der Waals surface area contributed by atoms with Crippen LogP contribution < -0.4 is 0 Å². The molecule has 1 nitrogen and oxygen atoms in total. The second kappa shape index (κ2) is 5.78. The van der Waals surface area contributed by atoms with Gasteiger partial charge in [0.2, 0.25) is 0 Å². The van der Waals surface area contributed by atoms with Gasteiger partial charge in [0.05, 0.1) is 0 Å². The van der Waals surface area contributed by atoms with Crippen molar-refractivity contribution < 1.29 is 9.18 Å². The van der Waals surface area contributed by atoms with Gasteiger partial charge in [0.25, 0.3) is 0 Å². The smallest absolute Gasteiger partial charge is 0.189 e. The van der Waals surface area contributed by atoms with E-state index in [-0.39, 0.29) is 11.6 Å². The quantitative estimate of drug-likeness (QED) is 0.468. The number of rotatable bonds is 1. The van der Waals surface area contributed by atoms with Crippen LogP contribution in [0.5, 0.6) is 0 Å². The van der Waals surface area contributed by atoms with Crippen LogP contribution in [0.25, 0.3) is 6.08 Å². The highest BCUT2D eigenvalue weighted by molar-refractivity contribution is 9.11. The summed E-state index contributed by atoms with van der Waals surface area (Å²) < 4.78 is 16.4. The molecule has 0 heterocycles. The third kappa shape index (κ3) is 3.05. The molecule has 0 radical (unpaired) electrons. The summed E-state index contributed by atoms with van der Waals surface area (Å²) in [5.41, 5.74) is 2.42. The number of hydrogen-bond donors (Lipinski definition) is 0. The van der Waals surface area contributed by atoms with Gasteiger partial charge in [-0.1, -0.05) is 47.8 Å². The molecule has 0 saturated carbocycles. The summed E-state index contributed by atoms with van der Waals surface area (Å²) in [7, 11) is 0. The van der Waals surface area contributed by atoms with Crippen LogP contribution in [0.4, 0.5) is 4.39 Å². The lowest BCUT2D eigenvalue weighted by atomic mass is 10.1. The maximum atomic E-state index is 13.9. The van der Waals surface area contributed by atoms with Gasteiger partial charge in [-0.15, -0.1) is 0 Å². The van der Waals surface area contributed by atoms with Crippen LogP contribution in [0, 0.1) is 5.82 Å². The molecule has 0 unspecified atom stereocenters. The molecule has 2 aromatic carbocycles. The van der Waals surface area contributed by atoms with Crippen molar-refractivity contribution in [1.82, 2.24) is 0 Å². The predicted molar refractivity (Wildman–Crippen MR) is 92.0 cm³/mol. The molecule has 21 heavy (non-hydrogen) atoms. The average molecular weight is 475 g/mol. The fourth-order valence-electron chi connectivity index (χ4n) is 2.41. The number of Topliss-reactive ketones (excluding diaryl/α,β-unsaturated/α-hetero) is 1. The monoisotopic (exact) mass is 472 g/mol. The Morgan fingerprint density at radius 2 is 1.57 bits per heavy atom. The van der Waals surface area contributed by atoms with Crippen molar-refractivity contribution in [3.8, 4) is 0 Å². The van der Waals surface area contributed by atoms with Gasteiger partial charge >= 0.3 is 0 Å². The van der Waals surface area contributed by atoms with E-state index in [0.29, 0.717) is 27.6 Å². The normalized spacial score (nSPS) is 15.6. The van der Waals surface area contributed by atoms with Gasteiger partial charge in [0.1, 0.15) is 5.82 Å². The van der Waals surface area contributed by atoms with Gasteiger partial charge in [-0.2, -0.15) is 0 Å². The lowest BCUT2D eigenvalue weighted by Gasteiger charge is -2.00. The molecule has 106 valence electrons. The number of carbonyl (C=O) groups excluding carboxylic acids is 1. The van der Waals surface area contributed by atoms with Gasteiger partial charge in [-0.3, -0.25) is 4.79 Å². The van der Waals surface area contributed by atoms with E-state index in [0.717, 1.165) is 14.5 Å². The van der Waals surface area contributed by atoms with Crippen molar-refractivity contribution >= 4 is 59.6 Å². The molecular weight excluding hydrogens is 467 g/mol. The summed E-state index contributed by atoms with van der Waals surface area (Å²) in [5, 5.41) is 0. The summed E-state index contributed by atoms with van der Waals surface area (Å²) >= 11 is 10.1. The van der Waals surface area contributed by atoms with E-state index in [2.05, 4.69) is 47.8 Å². The van der Waals surface area contributed by atoms with Crippen LogP contribution >= 0.6 is 47.8 Å². The van der Waals surface area contributed by atoms with Gasteiger partial charge in [-0.25, -0.2) is 4.39 Å². The van der Waals surface area contributed by atoms with Crippen molar-refractivity contribution in [3.63, 3.8) is 0 Å². The number of halogens is 4. The molecule has 0 fully saturated rings. The number of hydrogen-bond acceptors (Lipinski definition) is 1. The van der Waals surface area contributed by atoms with E-state index in [1.807, 2.05) is 24.3 Å². The summed E-state index contributed by atoms with van der Waals surface area (Å²) in [6, 6.07) is 8.83. The van der Waals surface area contributed by atoms with Gasteiger partial charge in [0, 0.05) is 36.5 Å². The third-order valence-electron chi connectivity index (χ3n) is 3.29. The van der Waals surface area contributed by atoms with E-state index in [1.54, 1.807) is 6.07 Å². The maximum absolute atomic E-state index is 13.9. The Bertz CT molecular complexity index is 776. The second-order valence-electron chi connectivity index (χ2n) is 4.79. The SMILES string of the molecule is O=C1/C(=C/c2cc(Br)cc(Br)c2)Cc2c(F)cc(Br)cc21. The number of fused-ring (bicyclic) bond motifs is 1. The highest BCUT2D eigenvalue weighted by Gasteiger charge is 2.28. The average Bonchev–Trinajstić information content (AvgIpc) is 2.66. The molecule has 0 bridgehead atoms. The van der Waals surface area contributed by atoms with Crippen LogP contribution in [0.15, 0.2) is 49.3 Å². The Labute approximate surface area is 146 Å². The first kappa shape index (κ1) is 15.1. The summed E-state index contributed by atoms with van der Waals surface area (Å²) in [5.74, 6) is -0.451. The maximum Gasteiger partial charge on any atom is 0.189 e. The highest BCUT2D eigenvalue weighted by Crippen LogP contribution is 2.33. The minimum Gasteiger partial charge on any atom is -0.289 e. The molecule has 0 atom stereocenters. The first-order valence-electron chi connectivity index (χ1n) is 6.13. The topological polar surface area (TPSA) is 17.1 Å². The first-order chi connectivity index (χ1) is 9.94. The Balaban J connectivity index is 2.05. The largest absolute Gasteiger partial charge is 0.289 e. The molecule has 0 spiro atoms. The van der Waals surface area contributed by atoms with Crippen molar-refractivity contribution in [3.05, 3.63) is 71.8 Å². The Morgan fingerprint density at radius 1 is 0.952 bits per heavy atom. The fourth-order valence-corrected chi connectivity index (χ4v) is 4.16. The van der Waals surface area contributed by atoms with Crippen molar-refractivity contribution in [2.45, 2.75) is 6.42 Å². The Hall–Kier alpha value is -0.780. The Kier molecular flexibility index (Phi) is 4.17. The molecular formula is C16H8Br3FO. The van der Waals surface area contributed by atoms with E-state index in [1.165, 1.54) is 6.07 Å². The minimum atomic E-state index is -0.341. The lowest BCUT2D eigenvalue weighted by Crippen LogP contribution is -1.95. The molecule has 5 heteroatoms. The molecule has 3 rings (SSSR count). The first-order valence-corrected chi connectivity index (χ1v) is 8.51.